The number of aliphatic hydroxyl groups is 2. The Bertz CT molecular complexity index is 488. The standard InChI is InChI=1S/C17H25NO4/c1-22-10-8-17(13-20)7-2-9-18(12-17)16(21)15-5-3-14(11-19)4-6-15/h3-6,19-20H,2,7-13H2,1H3. The number of ether oxygens (including phenoxy) is 1. The molecule has 1 unspecified atom stereocenters. The molecule has 0 saturated carbocycles. The molecule has 0 aliphatic carbocycles. The number of amides is 1. The van der Waals surface area contributed by atoms with E-state index in [0.29, 0.717) is 18.7 Å². The lowest BCUT2D eigenvalue weighted by atomic mass is 9.78. The molecule has 1 fully saturated rings. The average molecular weight is 307 g/mol. The van der Waals surface area contributed by atoms with Crippen molar-refractivity contribution < 1.29 is 19.7 Å². The minimum Gasteiger partial charge on any atom is -0.396 e. The fraction of sp³-hybridized carbons (Fsp3) is 0.588. The SMILES string of the molecule is COCCC1(CO)CCCN(C(=O)c2ccc(CO)cc2)C1. The van der Waals surface area contributed by atoms with Gasteiger partial charge in [0.25, 0.3) is 5.91 Å². The highest BCUT2D eigenvalue weighted by atomic mass is 16.5. The van der Waals surface area contributed by atoms with E-state index in [1.165, 1.54) is 0 Å². The van der Waals surface area contributed by atoms with Gasteiger partial charge in [0.1, 0.15) is 0 Å². The summed E-state index contributed by atoms with van der Waals surface area (Å²) in [6, 6.07) is 7.03. The largest absolute Gasteiger partial charge is 0.396 e. The summed E-state index contributed by atoms with van der Waals surface area (Å²) in [7, 11) is 1.65. The highest BCUT2D eigenvalue weighted by Crippen LogP contribution is 2.33. The van der Waals surface area contributed by atoms with E-state index in [-0.39, 0.29) is 24.5 Å². The van der Waals surface area contributed by atoms with Crippen LogP contribution in [0.4, 0.5) is 0 Å². The van der Waals surface area contributed by atoms with Gasteiger partial charge in [0.15, 0.2) is 0 Å². The number of methoxy groups -OCH3 is 1. The number of hydrogen-bond acceptors (Lipinski definition) is 4. The highest BCUT2D eigenvalue weighted by molar-refractivity contribution is 5.94. The van der Waals surface area contributed by atoms with Crippen molar-refractivity contribution >= 4 is 5.91 Å². The lowest BCUT2D eigenvalue weighted by Gasteiger charge is -2.41. The normalized spacial score (nSPS) is 21.9. The van der Waals surface area contributed by atoms with Gasteiger partial charge in [-0.15, -0.1) is 0 Å². The third-order valence-corrected chi connectivity index (χ3v) is 4.50. The van der Waals surface area contributed by atoms with Crippen molar-refractivity contribution in [3.63, 3.8) is 0 Å². The Balaban J connectivity index is 2.08. The predicted molar refractivity (Wildman–Crippen MR) is 83.5 cm³/mol. The molecule has 5 heteroatoms. The molecule has 1 aromatic carbocycles. The van der Waals surface area contributed by atoms with E-state index in [9.17, 15) is 9.90 Å². The van der Waals surface area contributed by atoms with Gasteiger partial charge < -0.3 is 19.8 Å². The van der Waals surface area contributed by atoms with Crippen LogP contribution in [0, 0.1) is 5.41 Å². The number of aliphatic hydroxyl groups excluding tert-OH is 2. The lowest BCUT2D eigenvalue weighted by molar-refractivity contribution is 0.00898. The van der Waals surface area contributed by atoms with Gasteiger partial charge in [0.2, 0.25) is 0 Å². The first-order chi connectivity index (χ1) is 10.6. The second kappa shape index (κ2) is 7.72. The molecular formula is C17H25NO4. The van der Waals surface area contributed by atoms with Gasteiger partial charge >= 0.3 is 0 Å². The van der Waals surface area contributed by atoms with E-state index in [2.05, 4.69) is 0 Å². The first-order valence-electron chi connectivity index (χ1n) is 7.73. The molecule has 5 nitrogen and oxygen atoms in total. The van der Waals surface area contributed by atoms with Gasteiger partial charge in [-0.1, -0.05) is 12.1 Å². The van der Waals surface area contributed by atoms with Crippen LogP contribution < -0.4 is 0 Å². The number of carbonyl (C=O) groups excluding carboxylic acids is 1. The number of likely N-dealkylation sites (tertiary alicyclic amines) is 1. The van der Waals surface area contributed by atoms with E-state index in [4.69, 9.17) is 9.84 Å². The van der Waals surface area contributed by atoms with E-state index in [0.717, 1.165) is 31.4 Å². The van der Waals surface area contributed by atoms with Crippen LogP contribution >= 0.6 is 0 Å². The third-order valence-electron chi connectivity index (χ3n) is 4.50. The maximum Gasteiger partial charge on any atom is 0.253 e. The van der Waals surface area contributed by atoms with Gasteiger partial charge in [0.05, 0.1) is 13.2 Å². The zero-order chi connectivity index (χ0) is 16.0. The molecule has 1 amide bonds. The van der Waals surface area contributed by atoms with Crippen molar-refractivity contribution in [2.45, 2.75) is 25.9 Å². The molecular weight excluding hydrogens is 282 g/mol. The number of carbonyl (C=O) groups is 1. The predicted octanol–water partition coefficient (Wildman–Crippen LogP) is 1.43. The maximum atomic E-state index is 12.6. The molecule has 2 rings (SSSR count). The molecule has 1 aliphatic heterocycles. The summed E-state index contributed by atoms with van der Waals surface area (Å²) >= 11 is 0. The van der Waals surface area contributed by atoms with Gasteiger partial charge in [-0.05, 0) is 37.0 Å². The van der Waals surface area contributed by atoms with Crippen molar-refractivity contribution in [3.05, 3.63) is 35.4 Å². The Morgan fingerprint density at radius 2 is 2.05 bits per heavy atom. The van der Waals surface area contributed by atoms with Gasteiger partial charge in [-0.2, -0.15) is 0 Å². The number of piperidine rings is 1. The number of hydrogen-bond donors (Lipinski definition) is 2. The summed E-state index contributed by atoms with van der Waals surface area (Å²) in [6.07, 6.45) is 2.57. The Morgan fingerprint density at radius 3 is 2.64 bits per heavy atom. The summed E-state index contributed by atoms with van der Waals surface area (Å²) in [5.74, 6) is -0.0144. The summed E-state index contributed by atoms with van der Waals surface area (Å²) in [4.78, 5) is 14.5. The molecule has 0 radical (unpaired) electrons. The molecule has 0 bridgehead atoms. The molecule has 22 heavy (non-hydrogen) atoms. The molecule has 2 N–H and O–H groups in total. The molecule has 1 heterocycles. The number of nitrogens with zero attached hydrogens (tertiary/aromatic N) is 1. The van der Waals surface area contributed by atoms with Crippen molar-refractivity contribution in [1.29, 1.82) is 0 Å². The minimum absolute atomic E-state index is 0.0144. The quantitative estimate of drug-likeness (QED) is 0.834. The van der Waals surface area contributed by atoms with E-state index in [1.807, 2.05) is 4.90 Å². The second-order valence-corrected chi connectivity index (χ2v) is 6.09. The van der Waals surface area contributed by atoms with Crippen molar-refractivity contribution in [2.24, 2.45) is 5.41 Å². The molecule has 0 spiro atoms. The first-order valence-corrected chi connectivity index (χ1v) is 7.73. The van der Waals surface area contributed by atoms with Crippen LogP contribution in [0.15, 0.2) is 24.3 Å². The molecule has 1 aliphatic rings. The van der Waals surface area contributed by atoms with Crippen LogP contribution in [0.3, 0.4) is 0 Å². The van der Waals surface area contributed by atoms with E-state index >= 15 is 0 Å². The molecule has 122 valence electrons. The average Bonchev–Trinajstić information content (AvgIpc) is 2.59. The van der Waals surface area contributed by atoms with Gasteiger partial charge in [0, 0.05) is 37.8 Å². The summed E-state index contributed by atoms with van der Waals surface area (Å²) in [6.45, 7) is 1.92. The Kier molecular flexibility index (Phi) is 5.94. The minimum atomic E-state index is -0.255. The molecule has 1 atom stereocenters. The van der Waals surface area contributed by atoms with E-state index < -0.39 is 0 Å². The van der Waals surface area contributed by atoms with E-state index in [1.54, 1.807) is 31.4 Å². The zero-order valence-electron chi connectivity index (χ0n) is 13.1. The second-order valence-electron chi connectivity index (χ2n) is 6.09. The van der Waals surface area contributed by atoms with Crippen LogP contribution in [0.5, 0.6) is 0 Å². The zero-order valence-corrected chi connectivity index (χ0v) is 13.1. The highest BCUT2D eigenvalue weighted by Gasteiger charge is 2.36. The Hall–Kier alpha value is -1.43. The summed E-state index contributed by atoms with van der Waals surface area (Å²) < 4.78 is 5.14. The van der Waals surface area contributed by atoms with Crippen LogP contribution in [0.1, 0.15) is 35.2 Å². The van der Waals surface area contributed by atoms with Crippen LogP contribution in [-0.2, 0) is 11.3 Å². The molecule has 1 saturated heterocycles. The molecule has 0 aromatic heterocycles. The maximum absolute atomic E-state index is 12.6. The number of rotatable bonds is 6. The summed E-state index contributed by atoms with van der Waals surface area (Å²) in [5.41, 5.74) is 1.16. The Morgan fingerprint density at radius 1 is 1.32 bits per heavy atom. The lowest BCUT2D eigenvalue weighted by Crippen LogP contribution is -2.48. The monoisotopic (exact) mass is 307 g/mol. The first kappa shape index (κ1) is 16.9. The molecule has 1 aromatic rings. The fourth-order valence-corrected chi connectivity index (χ4v) is 3.05. The van der Waals surface area contributed by atoms with Crippen LogP contribution in [0.25, 0.3) is 0 Å². The van der Waals surface area contributed by atoms with Gasteiger partial charge in [-0.25, -0.2) is 0 Å². The van der Waals surface area contributed by atoms with Crippen LogP contribution in [-0.4, -0.2) is 54.4 Å². The number of benzene rings is 1. The van der Waals surface area contributed by atoms with Crippen LogP contribution in [0.2, 0.25) is 0 Å². The topological polar surface area (TPSA) is 70.0 Å². The third kappa shape index (κ3) is 3.85. The van der Waals surface area contributed by atoms with Crippen molar-refractivity contribution in [1.82, 2.24) is 4.90 Å². The van der Waals surface area contributed by atoms with Gasteiger partial charge in [-0.3, -0.25) is 4.79 Å². The fourth-order valence-electron chi connectivity index (χ4n) is 3.05. The van der Waals surface area contributed by atoms with Crippen molar-refractivity contribution in [2.75, 3.05) is 33.4 Å². The van der Waals surface area contributed by atoms with Crippen molar-refractivity contribution in [3.8, 4) is 0 Å². The smallest absolute Gasteiger partial charge is 0.253 e. The Labute approximate surface area is 131 Å². The summed E-state index contributed by atoms with van der Waals surface area (Å²) in [5, 5.41) is 18.8.